The summed E-state index contributed by atoms with van der Waals surface area (Å²) in [5, 5.41) is 6.76. The van der Waals surface area contributed by atoms with Crippen molar-refractivity contribution < 1.29 is 0 Å². The quantitative estimate of drug-likeness (QED) is 0.290. The summed E-state index contributed by atoms with van der Waals surface area (Å²) in [6.07, 6.45) is 1.32. The van der Waals surface area contributed by atoms with Gasteiger partial charge in [-0.15, -0.1) is 15.1 Å². The first kappa shape index (κ1) is 20.9. The van der Waals surface area contributed by atoms with Gasteiger partial charge in [0.2, 0.25) is 0 Å². The highest BCUT2D eigenvalue weighted by atomic mass is 31.1. The van der Waals surface area contributed by atoms with Crippen molar-refractivity contribution in [2.75, 3.05) is 0 Å². The minimum absolute atomic E-state index is 0.327. The van der Waals surface area contributed by atoms with Crippen LogP contribution in [-0.2, 0) is 0 Å². The summed E-state index contributed by atoms with van der Waals surface area (Å²) < 4.78 is 0. The van der Waals surface area contributed by atoms with Crippen LogP contribution in [0.15, 0.2) is 60.7 Å². The topological polar surface area (TPSA) is 0 Å². The van der Waals surface area contributed by atoms with Gasteiger partial charge in [0.15, 0.2) is 0 Å². The Hall–Kier alpha value is -2.00. The van der Waals surface area contributed by atoms with Crippen LogP contribution in [0.3, 0.4) is 0 Å². The van der Waals surface area contributed by atoms with Gasteiger partial charge in [0, 0.05) is 21.2 Å². The summed E-state index contributed by atoms with van der Waals surface area (Å²) >= 11 is 0. The molecule has 0 radical (unpaired) electrons. The third-order valence-corrected chi connectivity index (χ3v) is 14.0. The van der Waals surface area contributed by atoms with Gasteiger partial charge in [0.25, 0.3) is 0 Å². The number of hydrogen-bond donors (Lipinski definition) is 0. The van der Waals surface area contributed by atoms with E-state index in [9.17, 15) is 0 Å². The predicted octanol–water partition coefficient (Wildman–Crippen LogP) is 10.4. The van der Waals surface area contributed by atoms with Gasteiger partial charge < -0.3 is 0 Å². The van der Waals surface area contributed by atoms with E-state index in [2.05, 4.69) is 102 Å². The van der Waals surface area contributed by atoms with Gasteiger partial charge in [-0.2, -0.15) is 0 Å². The van der Waals surface area contributed by atoms with Crippen molar-refractivity contribution in [1.82, 2.24) is 0 Å². The smallest absolute Gasteiger partial charge is 0.00949 e. The number of hydrogen-bond acceptors (Lipinski definition) is 0. The normalized spacial score (nSPS) is 19.0. The largest absolute Gasteiger partial charge is 0.105 e. The molecule has 2 aromatic heterocycles. The molecule has 0 bridgehead atoms. The van der Waals surface area contributed by atoms with Crippen LogP contribution in [0.2, 0.25) is 0 Å². The SMILES string of the molecule is Cc1c(C)c2p(c1-c1ccccc1)[C@H](C)C[C@@H](C)p1c(-c3ccccc3)c(C)c(C)c1-2. The molecule has 0 saturated carbocycles. The number of fused-ring (bicyclic) bond motifs is 3. The molecule has 1 aliphatic heterocycles. The van der Waals surface area contributed by atoms with Crippen LogP contribution in [0.5, 0.6) is 0 Å². The van der Waals surface area contributed by atoms with Crippen molar-refractivity contribution in [3.05, 3.63) is 82.9 Å². The molecular weight excluding hydrogens is 410 g/mol. The van der Waals surface area contributed by atoms with Gasteiger partial charge in [-0.25, -0.2) is 0 Å². The lowest BCUT2D eigenvalue weighted by Gasteiger charge is -2.19. The second kappa shape index (κ2) is 7.85. The van der Waals surface area contributed by atoms with Crippen molar-refractivity contribution >= 4 is 15.1 Å². The fourth-order valence-corrected chi connectivity index (χ4v) is 13.6. The molecule has 3 heterocycles. The minimum Gasteiger partial charge on any atom is -0.105 e. The van der Waals surface area contributed by atoms with Gasteiger partial charge in [-0.05, 0) is 78.8 Å². The van der Waals surface area contributed by atoms with Gasteiger partial charge in [-0.3, -0.25) is 0 Å². The Morgan fingerprint density at radius 1 is 0.516 bits per heavy atom. The molecular formula is C29H32P2. The van der Waals surface area contributed by atoms with E-state index in [1.54, 1.807) is 32.3 Å². The molecule has 0 amide bonds. The average Bonchev–Trinajstić information content (AvgIpc) is 3.15. The minimum atomic E-state index is -0.327. The van der Waals surface area contributed by atoms with Crippen molar-refractivity contribution in [3.8, 4) is 32.3 Å². The fourth-order valence-electron chi connectivity index (χ4n) is 5.73. The maximum Gasteiger partial charge on any atom is 0.00949 e. The summed E-state index contributed by atoms with van der Waals surface area (Å²) in [5.74, 6) is 0. The Labute approximate surface area is 189 Å². The molecule has 0 fully saturated rings. The highest BCUT2D eigenvalue weighted by molar-refractivity contribution is 7.62. The van der Waals surface area contributed by atoms with E-state index in [0.717, 1.165) is 0 Å². The Morgan fingerprint density at radius 3 is 1.19 bits per heavy atom. The standard InChI is InChI=1S/C29H32P2/c1-18-17-19(2)31-27(25-15-11-8-12-16-25)21(4)23(6)29(31)28-22(5)20(3)26(30(18)28)24-13-9-7-10-14-24/h7-16,18-19H,17H2,1-6H3/t18-,19-,30?,31?/m1/s1. The molecule has 4 aromatic rings. The van der Waals surface area contributed by atoms with Gasteiger partial charge >= 0.3 is 0 Å². The van der Waals surface area contributed by atoms with E-state index in [1.165, 1.54) is 28.7 Å². The molecule has 1 aliphatic rings. The summed E-state index contributed by atoms with van der Waals surface area (Å²) in [6, 6.07) is 22.4. The van der Waals surface area contributed by atoms with Crippen LogP contribution in [0.4, 0.5) is 0 Å². The lowest BCUT2D eigenvalue weighted by molar-refractivity contribution is 0.724. The van der Waals surface area contributed by atoms with Gasteiger partial charge in [0.05, 0.1) is 0 Å². The Bertz CT molecular complexity index is 1160. The Kier molecular flexibility index (Phi) is 5.29. The molecule has 0 aliphatic carbocycles. The zero-order valence-corrected chi connectivity index (χ0v) is 21.3. The molecule has 0 N–H and O–H groups in total. The first-order chi connectivity index (χ1) is 14.9. The molecule has 158 valence electrons. The maximum atomic E-state index is 2.53. The zero-order valence-electron chi connectivity index (χ0n) is 19.5. The van der Waals surface area contributed by atoms with E-state index in [0.29, 0.717) is 11.3 Å². The summed E-state index contributed by atoms with van der Waals surface area (Å²) in [7, 11) is -0.654. The number of rotatable bonds is 2. The Morgan fingerprint density at radius 2 is 0.839 bits per heavy atom. The lowest BCUT2D eigenvalue weighted by atomic mass is 10.0. The molecule has 2 heteroatoms. The third-order valence-electron chi connectivity index (χ3n) is 7.39. The highest BCUT2D eigenvalue weighted by Crippen LogP contribution is 2.73. The van der Waals surface area contributed by atoms with E-state index in [1.807, 2.05) is 0 Å². The van der Waals surface area contributed by atoms with E-state index in [-0.39, 0.29) is 15.1 Å². The van der Waals surface area contributed by atoms with E-state index >= 15 is 0 Å². The Balaban J connectivity index is 1.89. The van der Waals surface area contributed by atoms with Gasteiger partial charge in [-0.1, -0.05) is 74.5 Å². The van der Waals surface area contributed by atoms with Crippen LogP contribution >= 0.6 is 15.1 Å². The van der Waals surface area contributed by atoms with Gasteiger partial charge in [0.1, 0.15) is 0 Å². The molecule has 5 rings (SSSR count). The van der Waals surface area contributed by atoms with E-state index < -0.39 is 0 Å². The number of benzene rings is 2. The zero-order chi connectivity index (χ0) is 21.9. The molecule has 2 unspecified atom stereocenters. The van der Waals surface area contributed by atoms with Crippen molar-refractivity contribution in [2.45, 2.75) is 59.3 Å². The van der Waals surface area contributed by atoms with Crippen molar-refractivity contribution in [3.63, 3.8) is 0 Å². The lowest BCUT2D eigenvalue weighted by Crippen LogP contribution is -1.90. The van der Waals surface area contributed by atoms with Crippen LogP contribution in [-0.4, -0.2) is 0 Å². The van der Waals surface area contributed by atoms with Crippen LogP contribution in [0.25, 0.3) is 32.3 Å². The molecule has 0 saturated heterocycles. The molecule has 0 spiro atoms. The third kappa shape index (κ3) is 3.11. The van der Waals surface area contributed by atoms with Crippen LogP contribution in [0.1, 0.15) is 53.8 Å². The second-order valence-corrected chi connectivity index (χ2v) is 14.3. The summed E-state index contributed by atoms with van der Waals surface area (Å²) in [6.45, 7) is 14.6. The molecule has 0 nitrogen and oxygen atoms in total. The van der Waals surface area contributed by atoms with Crippen LogP contribution < -0.4 is 0 Å². The maximum absolute atomic E-state index is 2.53. The molecule has 2 aromatic carbocycles. The molecule has 4 atom stereocenters. The molecule has 31 heavy (non-hydrogen) atoms. The van der Waals surface area contributed by atoms with Crippen molar-refractivity contribution in [1.29, 1.82) is 0 Å². The first-order valence-corrected chi connectivity index (χ1v) is 14.3. The second-order valence-electron chi connectivity index (χ2n) is 9.30. The average molecular weight is 443 g/mol. The first-order valence-electron chi connectivity index (χ1n) is 11.5. The van der Waals surface area contributed by atoms with Crippen molar-refractivity contribution in [2.24, 2.45) is 0 Å². The van der Waals surface area contributed by atoms with Crippen LogP contribution in [0, 0.1) is 27.7 Å². The monoisotopic (exact) mass is 442 g/mol. The summed E-state index contributed by atoms with van der Waals surface area (Å²) in [4.78, 5) is 0. The highest BCUT2D eigenvalue weighted by Gasteiger charge is 2.34. The summed E-state index contributed by atoms with van der Waals surface area (Å²) in [5.41, 5.74) is 10.5. The fraction of sp³-hybridized carbons (Fsp3) is 0.310. The van der Waals surface area contributed by atoms with E-state index in [4.69, 9.17) is 0 Å². The predicted molar refractivity (Wildman–Crippen MR) is 141 cm³/mol.